The molecule has 0 fully saturated rings. The number of hydrogen-bond donors (Lipinski definition) is 2. The highest BCUT2D eigenvalue weighted by Gasteiger charge is 2.07. The Bertz CT molecular complexity index is 615. The number of nitrogens with one attached hydrogen (secondary N) is 2. The predicted octanol–water partition coefficient (Wildman–Crippen LogP) is 2.43. The second-order valence-corrected chi connectivity index (χ2v) is 4.71. The molecule has 0 spiro atoms. The van der Waals surface area contributed by atoms with Crippen molar-refractivity contribution in [2.45, 2.75) is 6.54 Å². The van der Waals surface area contributed by atoms with Crippen LogP contribution in [0.3, 0.4) is 0 Å². The molecule has 2 rings (SSSR count). The molecular weight excluding hydrogens is 280 g/mol. The van der Waals surface area contributed by atoms with Gasteiger partial charge in [0.05, 0.1) is 20.8 Å². The van der Waals surface area contributed by atoms with Crippen molar-refractivity contribution in [2.24, 2.45) is 0 Å². The van der Waals surface area contributed by atoms with E-state index in [1.807, 2.05) is 30.3 Å². The zero-order chi connectivity index (χ0) is 15.8. The van der Waals surface area contributed by atoms with E-state index in [9.17, 15) is 4.79 Å². The summed E-state index contributed by atoms with van der Waals surface area (Å²) >= 11 is 0. The molecule has 5 heteroatoms. The maximum Gasteiger partial charge on any atom is 0.238 e. The van der Waals surface area contributed by atoms with Crippen LogP contribution < -0.4 is 20.1 Å². The lowest BCUT2D eigenvalue weighted by Crippen LogP contribution is -2.27. The van der Waals surface area contributed by atoms with Crippen molar-refractivity contribution in [3.05, 3.63) is 54.1 Å². The summed E-state index contributed by atoms with van der Waals surface area (Å²) < 4.78 is 10.4. The molecule has 0 heterocycles. The van der Waals surface area contributed by atoms with E-state index in [2.05, 4.69) is 10.6 Å². The number of ether oxygens (including phenoxy) is 2. The van der Waals surface area contributed by atoms with E-state index in [0.717, 1.165) is 5.56 Å². The monoisotopic (exact) mass is 300 g/mol. The van der Waals surface area contributed by atoms with Crippen LogP contribution in [0.1, 0.15) is 5.56 Å². The predicted molar refractivity (Wildman–Crippen MR) is 86.3 cm³/mol. The van der Waals surface area contributed by atoms with Crippen LogP contribution in [-0.4, -0.2) is 26.7 Å². The second kappa shape index (κ2) is 8.05. The van der Waals surface area contributed by atoms with E-state index in [1.165, 1.54) is 0 Å². The smallest absolute Gasteiger partial charge is 0.238 e. The molecule has 0 saturated heterocycles. The van der Waals surface area contributed by atoms with Crippen LogP contribution in [-0.2, 0) is 11.3 Å². The Hall–Kier alpha value is -2.53. The average Bonchev–Trinajstić information content (AvgIpc) is 2.55. The fourth-order valence-electron chi connectivity index (χ4n) is 2.04. The first-order valence-corrected chi connectivity index (χ1v) is 6.99. The van der Waals surface area contributed by atoms with Gasteiger partial charge in [0.1, 0.15) is 0 Å². The van der Waals surface area contributed by atoms with Gasteiger partial charge >= 0.3 is 0 Å². The highest BCUT2D eigenvalue weighted by molar-refractivity contribution is 5.92. The number of benzene rings is 2. The van der Waals surface area contributed by atoms with E-state index >= 15 is 0 Å². The Morgan fingerprint density at radius 2 is 1.73 bits per heavy atom. The normalized spacial score (nSPS) is 10.1. The molecule has 1 amide bonds. The molecule has 2 aromatic carbocycles. The Morgan fingerprint density at radius 1 is 1.00 bits per heavy atom. The summed E-state index contributed by atoms with van der Waals surface area (Å²) in [5, 5.41) is 5.92. The molecule has 0 atom stereocenters. The molecule has 116 valence electrons. The molecule has 0 saturated carbocycles. The van der Waals surface area contributed by atoms with Crippen LogP contribution >= 0.6 is 0 Å². The van der Waals surface area contributed by atoms with Gasteiger partial charge in [-0.05, 0) is 17.7 Å². The van der Waals surface area contributed by atoms with Gasteiger partial charge in [-0.15, -0.1) is 0 Å². The van der Waals surface area contributed by atoms with Gasteiger partial charge in [-0.1, -0.05) is 30.3 Å². The molecule has 2 N–H and O–H groups in total. The van der Waals surface area contributed by atoms with Gasteiger partial charge in [-0.3, -0.25) is 4.79 Å². The molecule has 0 bridgehead atoms. The van der Waals surface area contributed by atoms with E-state index < -0.39 is 0 Å². The van der Waals surface area contributed by atoms with Crippen LogP contribution in [0.5, 0.6) is 11.5 Å². The van der Waals surface area contributed by atoms with Gasteiger partial charge in [0.15, 0.2) is 11.5 Å². The molecule has 22 heavy (non-hydrogen) atoms. The SMILES string of the molecule is COc1ccc(NC(=O)CNCc2ccccc2)cc1OC. The van der Waals surface area contributed by atoms with Gasteiger partial charge in [0.2, 0.25) is 5.91 Å². The molecule has 0 aromatic heterocycles. The van der Waals surface area contributed by atoms with E-state index in [1.54, 1.807) is 32.4 Å². The number of anilines is 1. The number of amides is 1. The molecule has 0 unspecified atom stereocenters. The number of methoxy groups -OCH3 is 2. The molecule has 2 aromatic rings. The van der Waals surface area contributed by atoms with E-state index in [0.29, 0.717) is 23.7 Å². The molecule has 0 aliphatic rings. The van der Waals surface area contributed by atoms with Crippen molar-refractivity contribution in [1.29, 1.82) is 0 Å². The lowest BCUT2D eigenvalue weighted by molar-refractivity contribution is -0.115. The fourth-order valence-corrected chi connectivity index (χ4v) is 2.04. The van der Waals surface area contributed by atoms with E-state index in [-0.39, 0.29) is 12.5 Å². The number of hydrogen-bond acceptors (Lipinski definition) is 4. The largest absolute Gasteiger partial charge is 0.493 e. The summed E-state index contributed by atoms with van der Waals surface area (Å²) in [5.41, 5.74) is 1.81. The van der Waals surface area contributed by atoms with E-state index in [4.69, 9.17) is 9.47 Å². The van der Waals surface area contributed by atoms with Crippen molar-refractivity contribution in [2.75, 3.05) is 26.1 Å². The molecular formula is C17H20N2O3. The van der Waals surface area contributed by atoms with Crippen molar-refractivity contribution in [3.63, 3.8) is 0 Å². The minimum absolute atomic E-state index is 0.108. The lowest BCUT2D eigenvalue weighted by Gasteiger charge is -2.11. The van der Waals surface area contributed by atoms with Crippen molar-refractivity contribution < 1.29 is 14.3 Å². The highest BCUT2D eigenvalue weighted by Crippen LogP contribution is 2.29. The Kier molecular flexibility index (Phi) is 5.80. The third-order valence-electron chi connectivity index (χ3n) is 3.12. The third-order valence-corrected chi connectivity index (χ3v) is 3.12. The maximum atomic E-state index is 11.9. The number of carbonyl (C=O) groups excluding carboxylic acids is 1. The van der Waals surface area contributed by atoms with Crippen molar-refractivity contribution >= 4 is 11.6 Å². The van der Waals surface area contributed by atoms with Crippen molar-refractivity contribution in [3.8, 4) is 11.5 Å². The van der Waals surface area contributed by atoms with Crippen LogP contribution in [0.15, 0.2) is 48.5 Å². The number of carbonyl (C=O) groups is 1. The van der Waals surface area contributed by atoms with Crippen LogP contribution in [0.2, 0.25) is 0 Å². The van der Waals surface area contributed by atoms with Crippen LogP contribution in [0.4, 0.5) is 5.69 Å². The first-order chi connectivity index (χ1) is 10.7. The zero-order valence-corrected chi connectivity index (χ0v) is 12.8. The van der Waals surface area contributed by atoms with Gasteiger partial charge in [-0.25, -0.2) is 0 Å². The lowest BCUT2D eigenvalue weighted by atomic mass is 10.2. The summed E-state index contributed by atoms with van der Waals surface area (Å²) in [4.78, 5) is 11.9. The van der Waals surface area contributed by atoms with Gasteiger partial charge in [0.25, 0.3) is 0 Å². The summed E-state index contributed by atoms with van der Waals surface area (Å²) in [6, 6.07) is 15.2. The van der Waals surface area contributed by atoms with Gasteiger partial charge in [-0.2, -0.15) is 0 Å². The maximum absolute atomic E-state index is 11.9. The first kappa shape index (κ1) is 15.9. The van der Waals surface area contributed by atoms with Gasteiger partial charge in [0, 0.05) is 18.3 Å². The molecule has 0 radical (unpaired) electrons. The third kappa shape index (κ3) is 4.49. The zero-order valence-electron chi connectivity index (χ0n) is 12.8. The molecule has 0 aliphatic carbocycles. The first-order valence-electron chi connectivity index (χ1n) is 6.99. The number of rotatable bonds is 7. The topological polar surface area (TPSA) is 59.6 Å². The summed E-state index contributed by atoms with van der Waals surface area (Å²) in [7, 11) is 3.13. The quantitative estimate of drug-likeness (QED) is 0.824. The Balaban J connectivity index is 1.84. The minimum atomic E-state index is -0.108. The summed E-state index contributed by atoms with van der Waals surface area (Å²) in [5.74, 6) is 1.10. The van der Waals surface area contributed by atoms with Gasteiger partial charge < -0.3 is 20.1 Å². The standard InChI is InChI=1S/C17H20N2O3/c1-21-15-9-8-14(10-16(15)22-2)19-17(20)12-18-11-13-6-4-3-5-7-13/h3-10,18H,11-12H2,1-2H3,(H,19,20). The second-order valence-electron chi connectivity index (χ2n) is 4.71. The molecule has 0 aliphatic heterocycles. The minimum Gasteiger partial charge on any atom is -0.493 e. The fraction of sp³-hybridized carbons (Fsp3) is 0.235. The van der Waals surface area contributed by atoms with Crippen LogP contribution in [0, 0.1) is 0 Å². The van der Waals surface area contributed by atoms with Crippen molar-refractivity contribution in [1.82, 2.24) is 5.32 Å². The summed E-state index contributed by atoms with van der Waals surface area (Å²) in [6.45, 7) is 0.892. The Morgan fingerprint density at radius 3 is 2.41 bits per heavy atom. The Labute approximate surface area is 130 Å². The summed E-state index contributed by atoms with van der Waals surface area (Å²) in [6.07, 6.45) is 0. The average molecular weight is 300 g/mol. The highest BCUT2D eigenvalue weighted by atomic mass is 16.5. The molecule has 5 nitrogen and oxygen atoms in total. The van der Waals surface area contributed by atoms with Crippen LogP contribution in [0.25, 0.3) is 0 Å².